The van der Waals surface area contributed by atoms with Gasteiger partial charge in [-0.2, -0.15) is 0 Å². The molecule has 3 aromatic rings. The predicted molar refractivity (Wildman–Crippen MR) is 119 cm³/mol. The van der Waals surface area contributed by atoms with Crippen molar-refractivity contribution in [3.05, 3.63) is 77.1 Å². The van der Waals surface area contributed by atoms with Crippen molar-refractivity contribution >= 4 is 11.9 Å². The molecule has 0 radical (unpaired) electrons. The molecule has 7 heteroatoms. The number of aromatic nitrogens is 2. The second kappa shape index (κ2) is 9.04. The van der Waals surface area contributed by atoms with Gasteiger partial charge in [-0.15, -0.1) is 0 Å². The van der Waals surface area contributed by atoms with Crippen molar-refractivity contribution in [1.82, 2.24) is 15.3 Å². The molecule has 0 spiro atoms. The second-order valence-electron chi connectivity index (χ2n) is 7.68. The molecular weight excluding hydrogens is 392 g/mol. The van der Waals surface area contributed by atoms with Gasteiger partial charge >= 0.3 is 0 Å². The van der Waals surface area contributed by atoms with E-state index >= 15 is 0 Å². The van der Waals surface area contributed by atoms with E-state index in [1.54, 1.807) is 6.20 Å². The first-order valence-corrected chi connectivity index (χ1v) is 10.3. The molecule has 1 N–H and O–H groups in total. The van der Waals surface area contributed by atoms with Crippen LogP contribution in [-0.2, 0) is 6.42 Å². The molecule has 0 aliphatic carbocycles. The molecule has 0 bridgehead atoms. The normalized spacial score (nSPS) is 13.4. The summed E-state index contributed by atoms with van der Waals surface area (Å²) in [5.41, 5.74) is 3.17. The lowest BCUT2D eigenvalue weighted by atomic mass is 9.97. The number of anilines is 1. The van der Waals surface area contributed by atoms with Gasteiger partial charge in [-0.25, -0.2) is 9.97 Å². The number of aryl methyl sites for hydroxylation is 1. The Morgan fingerprint density at radius 2 is 1.84 bits per heavy atom. The van der Waals surface area contributed by atoms with E-state index in [1.807, 2.05) is 62.3 Å². The first-order valence-electron chi connectivity index (χ1n) is 10.3. The number of carbonyl (C=O) groups excluding carboxylic acids is 1. The number of amides is 1. The highest BCUT2D eigenvalue weighted by Gasteiger charge is 2.21. The largest absolute Gasteiger partial charge is 0.486 e. The van der Waals surface area contributed by atoms with Gasteiger partial charge in [-0.1, -0.05) is 36.4 Å². The van der Waals surface area contributed by atoms with Crippen molar-refractivity contribution in [1.29, 1.82) is 0 Å². The zero-order valence-electron chi connectivity index (χ0n) is 18.0. The third-order valence-corrected chi connectivity index (χ3v) is 5.17. The Balaban J connectivity index is 1.62. The van der Waals surface area contributed by atoms with Gasteiger partial charge in [0.1, 0.15) is 13.2 Å². The van der Waals surface area contributed by atoms with Crippen molar-refractivity contribution in [2.45, 2.75) is 19.4 Å². The Kier molecular flexibility index (Phi) is 6.02. The SMILES string of the molecule is Cc1nc(N(C)C)ncc1C(=O)N[C@@H](Cc1ccccc1)c1ccc2c(c1)OCCO2. The topological polar surface area (TPSA) is 76.6 Å². The van der Waals surface area contributed by atoms with Crippen LogP contribution in [0.25, 0.3) is 0 Å². The molecule has 1 aliphatic heterocycles. The van der Waals surface area contributed by atoms with Crippen LogP contribution in [0, 0.1) is 6.92 Å². The Hall–Kier alpha value is -3.61. The zero-order chi connectivity index (χ0) is 21.8. The number of fused-ring (bicyclic) bond motifs is 1. The molecule has 160 valence electrons. The van der Waals surface area contributed by atoms with E-state index in [2.05, 4.69) is 27.4 Å². The minimum Gasteiger partial charge on any atom is -0.486 e. The zero-order valence-corrected chi connectivity index (χ0v) is 18.0. The maximum atomic E-state index is 13.1. The van der Waals surface area contributed by atoms with E-state index in [1.165, 1.54) is 0 Å². The highest BCUT2D eigenvalue weighted by molar-refractivity contribution is 5.95. The summed E-state index contributed by atoms with van der Waals surface area (Å²) in [5.74, 6) is 1.79. The predicted octanol–water partition coefficient (Wildman–Crippen LogP) is 3.34. The Bertz CT molecular complexity index is 1070. The van der Waals surface area contributed by atoms with Crippen LogP contribution < -0.4 is 19.7 Å². The lowest BCUT2D eigenvalue weighted by Crippen LogP contribution is -2.31. The molecule has 4 rings (SSSR count). The van der Waals surface area contributed by atoms with Crippen LogP contribution in [0.4, 0.5) is 5.95 Å². The maximum Gasteiger partial charge on any atom is 0.255 e. The number of rotatable bonds is 6. The molecule has 1 amide bonds. The van der Waals surface area contributed by atoms with Gasteiger partial charge in [0.25, 0.3) is 5.91 Å². The Morgan fingerprint density at radius 1 is 1.10 bits per heavy atom. The van der Waals surface area contributed by atoms with E-state index in [0.29, 0.717) is 42.6 Å². The van der Waals surface area contributed by atoms with E-state index in [0.717, 1.165) is 16.9 Å². The van der Waals surface area contributed by atoms with Gasteiger partial charge in [0, 0.05) is 20.3 Å². The van der Waals surface area contributed by atoms with Crippen molar-refractivity contribution in [3.8, 4) is 11.5 Å². The van der Waals surface area contributed by atoms with E-state index < -0.39 is 0 Å². The first-order chi connectivity index (χ1) is 15.0. The molecule has 0 saturated heterocycles. The first kappa shape index (κ1) is 20.7. The molecule has 2 aromatic carbocycles. The lowest BCUT2D eigenvalue weighted by Gasteiger charge is -2.23. The number of nitrogens with one attached hydrogen (secondary N) is 1. The summed E-state index contributed by atoms with van der Waals surface area (Å²) >= 11 is 0. The average Bonchev–Trinajstić information content (AvgIpc) is 2.78. The fraction of sp³-hybridized carbons (Fsp3) is 0.292. The monoisotopic (exact) mass is 418 g/mol. The fourth-order valence-electron chi connectivity index (χ4n) is 3.51. The minimum atomic E-state index is -0.251. The third kappa shape index (κ3) is 4.77. The lowest BCUT2D eigenvalue weighted by molar-refractivity contribution is 0.0935. The van der Waals surface area contributed by atoms with Crippen molar-refractivity contribution < 1.29 is 14.3 Å². The maximum absolute atomic E-state index is 13.1. The van der Waals surface area contributed by atoms with Gasteiger partial charge in [-0.3, -0.25) is 4.79 Å². The summed E-state index contributed by atoms with van der Waals surface area (Å²) < 4.78 is 11.4. The third-order valence-electron chi connectivity index (χ3n) is 5.17. The smallest absolute Gasteiger partial charge is 0.255 e. The van der Waals surface area contributed by atoms with Gasteiger partial charge in [0.2, 0.25) is 5.95 Å². The van der Waals surface area contributed by atoms with E-state index in [9.17, 15) is 4.79 Å². The van der Waals surface area contributed by atoms with Crippen LogP contribution in [0.1, 0.15) is 33.2 Å². The number of hydrogen-bond donors (Lipinski definition) is 1. The molecule has 0 unspecified atom stereocenters. The van der Waals surface area contributed by atoms with Gasteiger partial charge in [0.05, 0.1) is 17.3 Å². The molecule has 1 atom stereocenters. The van der Waals surface area contributed by atoms with Crippen molar-refractivity contribution in [2.75, 3.05) is 32.2 Å². The summed E-state index contributed by atoms with van der Waals surface area (Å²) in [6.45, 7) is 2.87. The van der Waals surface area contributed by atoms with Crippen LogP contribution >= 0.6 is 0 Å². The average molecular weight is 418 g/mol. The number of carbonyl (C=O) groups is 1. The van der Waals surface area contributed by atoms with Gasteiger partial charge < -0.3 is 19.7 Å². The van der Waals surface area contributed by atoms with Crippen LogP contribution in [0.2, 0.25) is 0 Å². The van der Waals surface area contributed by atoms with Gasteiger partial charge in [0.15, 0.2) is 11.5 Å². The number of hydrogen-bond acceptors (Lipinski definition) is 6. The summed E-state index contributed by atoms with van der Waals surface area (Å²) in [7, 11) is 3.73. The van der Waals surface area contributed by atoms with Gasteiger partial charge in [-0.05, 0) is 36.6 Å². The summed E-state index contributed by atoms with van der Waals surface area (Å²) in [4.78, 5) is 23.7. The molecule has 1 aliphatic rings. The minimum absolute atomic E-state index is 0.210. The number of benzene rings is 2. The molecule has 0 fully saturated rings. The molecular formula is C24H26N4O3. The number of nitrogens with zero attached hydrogens (tertiary/aromatic N) is 3. The second-order valence-corrected chi connectivity index (χ2v) is 7.68. The quantitative estimate of drug-likeness (QED) is 0.662. The molecule has 31 heavy (non-hydrogen) atoms. The van der Waals surface area contributed by atoms with E-state index in [-0.39, 0.29) is 11.9 Å². The standard InChI is InChI=1S/C24H26N4O3/c1-16-19(15-25-24(26-16)28(2)3)23(29)27-20(13-17-7-5-4-6-8-17)18-9-10-21-22(14-18)31-12-11-30-21/h4-10,14-15,20H,11-13H2,1-3H3,(H,27,29)/t20-/m0/s1. The molecule has 7 nitrogen and oxygen atoms in total. The molecule has 2 heterocycles. The van der Waals surface area contributed by atoms with Crippen LogP contribution in [0.15, 0.2) is 54.7 Å². The van der Waals surface area contributed by atoms with Crippen molar-refractivity contribution in [2.24, 2.45) is 0 Å². The molecule has 1 aromatic heterocycles. The highest BCUT2D eigenvalue weighted by Crippen LogP contribution is 2.33. The van der Waals surface area contributed by atoms with E-state index in [4.69, 9.17) is 9.47 Å². The highest BCUT2D eigenvalue weighted by atomic mass is 16.6. The summed E-state index contributed by atoms with van der Waals surface area (Å²) in [6.07, 6.45) is 2.22. The summed E-state index contributed by atoms with van der Waals surface area (Å²) in [6, 6.07) is 15.6. The van der Waals surface area contributed by atoms with Crippen LogP contribution in [-0.4, -0.2) is 43.2 Å². The summed E-state index contributed by atoms with van der Waals surface area (Å²) in [5, 5.41) is 3.17. The van der Waals surface area contributed by atoms with Crippen molar-refractivity contribution in [3.63, 3.8) is 0 Å². The van der Waals surface area contributed by atoms with Crippen LogP contribution in [0.5, 0.6) is 11.5 Å². The Labute approximate surface area is 182 Å². The number of ether oxygens (including phenoxy) is 2. The fourth-order valence-corrected chi connectivity index (χ4v) is 3.51. The molecule has 0 saturated carbocycles. The van der Waals surface area contributed by atoms with Crippen LogP contribution in [0.3, 0.4) is 0 Å². The Morgan fingerprint density at radius 3 is 2.55 bits per heavy atom.